The van der Waals surface area contributed by atoms with E-state index in [0.717, 1.165) is 33.7 Å². The van der Waals surface area contributed by atoms with Crippen LogP contribution in [0.5, 0.6) is 0 Å². The molecular formula is C19H25N4O13PS. The number of nitrogens with one attached hydrogen (secondary N) is 2. The van der Waals surface area contributed by atoms with Crippen molar-refractivity contribution in [2.75, 3.05) is 20.3 Å². The zero-order valence-electron chi connectivity index (χ0n) is 19.6. The van der Waals surface area contributed by atoms with E-state index in [1.807, 2.05) is 4.98 Å². The van der Waals surface area contributed by atoms with E-state index in [9.17, 15) is 39.1 Å². The molecule has 2 aromatic heterocycles. The summed E-state index contributed by atoms with van der Waals surface area (Å²) in [5.74, 6) is 0. The van der Waals surface area contributed by atoms with Gasteiger partial charge < -0.3 is 29.5 Å². The number of rotatable bonds is 9. The first-order valence-electron chi connectivity index (χ1n) is 11.0. The van der Waals surface area contributed by atoms with E-state index >= 15 is 0 Å². The third-order valence-electron chi connectivity index (χ3n) is 5.98. The lowest BCUT2D eigenvalue weighted by molar-refractivity contribution is -0.0625. The number of methoxy groups -OCH3 is 1. The second kappa shape index (κ2) is 11.4. The van der Waals surface area contributed by atoms with Gasteiger partial charge in [0.15, 0.2) is 12.5 Å². The average Bonchev–Trinajstić information content (AvgIpc) is 3.34. The Bertz CT molecular complexity index is 1420. The molecule has 2 aliphatic heterocycles. The first-order valence-corrected chi connectivity index (χ1v) is 13.7. The fraction of sp³-hybridized carbons (Fsp3) is 0.579. The summed E-state index contributed by atoms with van der Waals surface area (Å²) in [6.07, 6.45) is -8.39. The van der Waals surface area contributed by atoms with E-state index in [1.165, 1.54) is 7.11 Å². The number of aromatic nitrogens is 4. The van der Waals surface area contributed by atoms with Gasteiger partial charge in [0.25, 0.3) is 11.1 Å². The van der Waals surface area contributed by atoms with Crippen molar-refractivity contribution in [3.05, 3.63) is 66.2 Å². The highest BCUT2D eigenvalue weighted by Gasteiger charge is 2.50. The van der Waals surface area contributed by atoms with Crippen LogP contribution in [-0.4, -0.2) is 91.4 Å². The first kappa shape index (κ1) is 28.6. The van der Waals surface area contributed by atoms with Gasteiger partial charge >= 0.3 is 18.2 Å². The van der Waals surface area contributed by atoms with Crippen molar-refractivity contribution < 1.29 is 43.1 Å². The Labute approximate surface area is 217 Å². The molecule has 2 saturated heterocycles. The van der Waals surface area contributed by atoms with Gasteiger partial charge in [0.2, 0.25) is 0 Å². The zero-order valence-corrected chi connectivity index (χ0v) is 21.3. The van der Waals surface area contributed by atoms with Crippen LogP contribution in [0.15, 0.2) is 43.7 Å². The fourth-order valence-corrected chi connectivity index (χ4v) is 5.65. The molecule has 38 heavy (non-hydrogen) atoms. The van der Waals surface area contributed by atoms with E-state index in [2.05, 4.69) is 17.2 Å². The van der Waals surface area contributed by atoms with Crippen molar-refractivity contribution in [1.82, 2.24) is 19.1 Å². The normalized spacial score (nSPS) is 32.9. The number of hydrogen-bond donors (Lipinski definition) is 6. The number of aliphatic hydroxyl groups is 3. The minimum Gasteiger partial charge on any atom is -0.394 e. The Balaban J connectivity index is 1.46. The van der Waals surface area contributed by atoms with Crippen LogP contribution >= 0.6 is 19.0 Å². The van der Waals surface area contributed by atoms with Crippen molar-refractivity contribution in [1.29, 1.82) is 0 Å². The zero-order chi connectivity index (χ0) is 27.8. The predicted octanol–water partition coefficient (Wildman–Crippen LogP) is -2.95. The minimum atomic E-state index is -4.30. The van der Waals surface area contributed by atoms with Gasteiger partial charge in [-0.25, -0.2) is 14.2 Å². The quantitative estimate of drug-likeness (QED) is 0.129. The number of thiol groups is 1. The molecule has 0 aromatic carbocycles. The van der Waals surface area contributed by atoms with Gasteiger partial charge in [0.1, 0.15) is 36.6 Å². The number of hydrogen-bond acceptors (Lipinski definition) is 13. The van der Waals surface area contributed by atoms with E-state index < -0.39 is 91.6 Å². The van der Waals surface area contributed by atoms with Crippen LogP contribution in [0.1, 0.15) is 12.5 Å². The van der Waals surface area contributed by atoms with Gasteiger partial charge in [0, 0.05) is 31.6 Å². The van der Waals surface area contributed by atoms with E-state index in [0.29, 0.717) is 0 Å². The molecule has 9 atom stereocenters. The van der Waals surface area contributed by atoms with E-state index in [1.54, 1.807) is 0 Å². The molecule has 0 spiro atoms. The molecule has 2 aliphatic rings. The third kappa shape index (κ3) is 5.79. The smallest absolute Gasteiger partial charge is 0.386 e. The molecule has 2 aromatic rings. The molecule has 210 valence electrons. The molecule has 8 unspecified atom stereocenters. The van der Waals surface area contributed by atoms with Crippen LogP contribution in [0.3, 0.4) is 0 Å². The Hall–Kier alpha value is -2.38. The van der Waals surface area contributed by atoms with Crippen LogP contribution in [0, 0.1) is 0 Å². The highest BCUT2D eigenvalue weighted by atomic mass is 32.7. The Kier molecular flexibility index (Phi) is 8.58. The number of H-pyrrole nitrogens is 2. The van der Waals surface area contributed by atoms with Crippen LogP contribution in [0.25, 0.3) is 0 Å². The Morgan fingerprint density at radius 3 is 2.03 bits per heavy atom. The van der Waals surface area contributed by atoms with Crippen molar-refractivity contribution in [3.63, 3.8) is 0 Å². The average molecular weight is 580 g/mol. The lowest BCUT2D eigenvalue weighted by atomic mass is 10.1. The standard InChI is InChI=1S/C19H25N4O13PS/c1-32-15-14(8(6-24)34-17(15)23-5-3-11(26)21-19(23)30)36-37(31,38)33-7-9-12(27)13(28)16(35-9)22-4-2-10(25)20-18(22)29/h2-5,8-9,12-17,24,27-28H,6-7H2,1H3,(H,31,38)(H,20,25,29)(H,21,26,30)/t8?,9?,12?,13?,14?,15?,16?,17?,37-/m0/s1. The molecular weight excluding hydrogens is 555 g/mol. The second-order valence-corrected chi connectivity index (χ2v) is 11.2. The maximum Gasteiger partial charge on any atom is 0.386 e. The van der Waals surface area contributed by atoms with Crippen LogP contribution in [0.4, 0.5) is 0 Å². The number of ether oxygens (including phenoxy) is 3. The predicted molar refractivity (Wildman–Crippen MR) is 128 cm³/mol. The van der Waals surface area contributed by atoms with Crippen molar-refractivity contribution in [3.8, 4) is 0 Å². The molecule has 0 radical (unpaired) electrons. The summed E-state index contributed by atoms with van der Waals surface area (Å²) in [6, 6.07) is 2.09. The van der Waals surface area contributed by atoms with Crippen molar-refractivity contribution in [2.24, 2.45) is 0 Å². The summed E-state index contributed by atoms with van der Waals surface area (Å²) < 4.78 is 42.1. The van der Waals surface area contributed by atoms with Gasteiger partial charge in [-0.2, -0.15) is 0 Å². The highest BCUT2D eigenvalue weighted by molar-refractivity contribution is 8.44. The summed E-state index contributed by atoms with van der Waals surface area (Å²) in [5, 5.41) is 30.5. The minimum absolute atomic E-state index is 0.620. The molecule has 5 N–H and O–H groups in total. The molecule has 0 saturated carbocycles. The number of nitrogens with zero attached hydrogens (tertiary/aromatic N) is 2. The molecule has 4 heterocycles. The molecule has 0 bridgehead atoms. The largest absolute Gasteiger partial charge is 0.394 e. The fourth-order valence-electron chi connectivity index (χ4n) is 4.16. The van der Waals surface area contributed by atoms with E-state index in [4.69, 9.17) is 23.3 Å². The van der Waals surface area contributed by atoms with Gasteiger partial charge in [-0.15, -0.1) is 0 Å². The summed E-state index contributed by atoms with van der Waals surface area (Å²) in [5.41, 5.74) is -3.04. The molecule has 2 fully saturated rings. The second-order valence-electron chi connectivity index (χ2n) is 8.36. The molecule has 19 heteroatoms. The van der Waals surface area contributed by atoms with Crippen LogP contribution in [0.2, 0.25) is 0 Å². The summed E-state index contributed by atoms with van der Waals surface area (Å²) in [6.45, 7) is -5.56. The first-order chi connectivity index (χ1) is 18.0. The topological polar surface area (TPSA) is 234 Å². The molecule has 0 aliphatic carbocycles. The Morgan fingerprint density at radius 2 is 1.50 bits per heavy atom. The van der Waals surface area contributed by atoms with Gasteiger partial charge in [-0.05, 0) is 0 Å². The lowest BCUT2D eigenvalue weighted by Gasteiger charge is -2.26. The lowest BCUT2D eigenvalue weighted by Crippen LogP contribution is -2.39. The summed E-state index contributed by atoms with van der Waals surface area (Å²) in [4.78, 5) is 51.0. The summed E-state index contributed by atoms with van der Waals surface area (Å²) >= 11 is 3.92. The number of aromatic amines is 2. The molecule has 17 nitrogen and oxygen atoms in total. The van der Waals surface area contributed by atoms with Gasteiger partial charge in [0.05, 0.1) is 13.2 Å². The Morgan fingerprint density at radius 1 is 0.947 bits per heavy atom. The third-order valence-corrected chi connectivity index (χ3v) is 7.60. The maximum atomic E-state index is 13.1. The van der Waals surface area contributed by atoms with Crippen molar-refractivity contribution in [2.45, 2.75) is 49.1 Å². The highest BCUT2D eigenvalue weighted by Crippen LogP contribution is 2.56. The number of aliphatic hydroxyl groups excluding tert-OH is 3. The molecule has 0 amide bonds. The molecule has 4 rings (SSSR count). The monoisotopic (exact) mass is 580 g/mol. The van der Waals surface area contributed by atoms with Crippen LogP contribution < -0.4 is 22.5 Å². The van der Waals surface area contributed by atoms with Crippen molar-refractivity contribution >= 4 is 19.0 Å². The van der Waals surface area contributed by atoms with E-state index in [-0.39, 0.29) is 0 Å². The van der Waals surface area contributed by atoms with Gasteiger partial charge in [-0.1, -0.05) is 12.2 Å². The van der Waals surface area contributed by atoms with Gasteiger partial charge in [-0.3, -0.25) is 37.7 Å². The van der Waals surface area contributed by atoms with Crippen LogP contribution in [-0.2, 0) is 27.8 Å². The SMILES string of the molecule is COC1C(O[P@@](=O)(S)OCC2OC(n3ccc(=O)[nH]c3=O)C(O)C2O)C(CO)OC1n1ccc(=O)[nH]c1=O. The summed E-state index contributed by atoms with van der Waals surface area (Å²) in [7, 11) is 1.25. The maximum absolute atomic E-state index is 13.1.